The first-order valence-electron chi connectivity index (χ1n) is 14.3. The third kappa shape index (κ3) is 6.31. The van der Waals surface area contributed by atoms with Crippen LogP contribution in [-0.4, -0.2) is 38.3 Å². The number of nitrogens with zero attached hydrogens (tertiary/aromatic N) is 7. The second-order valence-corrected chi connectivity index (χ2v) is 12.0. The fourth-order valence-electron chi connectivity index (χ4n) is 5.52. The van der Waals surface area contributed by atoms with Crippen LogP contribution in [0.3, 0.4) is 0 Å². The first-order valence-corrected chi connectivity index (χ1v) is 14.3. The number of hydrogen-bond acceptors (Lipinski definition) is 6. The van der Waals surface area contributed by atoms with Crippen LogP contribution < -0.4 is 9.80 Å². The Labute approximate surface area is 238 Å². The lowest BCUT2D eigenvalue weighted by Gasteiger charge is -2.29. The number of pyridine rings is 1. The van der Waals surface area contributed by atoms with Gasteiger partial charge in [0.2, 0.25) is 0 Å². The van der Waals surface area contributed by atoms with Gasteiger partial charge in [-0.3, -0.25) is 0 Å². The number of rotatable bonds is 10. The molecule has 41 heavy (non-hydrogen) atoms. The monoisotopic (exact) mass is 563 g/mol. The van der Waals surface area contributed by atoms with Crippen molar-refractivity contribution in [2.24, 2.45) is 18.9 Å². The van der Waals surface area contributed by atoms with E-state index in [2.05, 4.69) is 52.4 Å². The van der Waals surface area contributed by atoms with Gasteiger partial charge in [-0.15, -0.1) is 5.10 Å². The van der Waals surface area contributed by atoms with E-state index in [4.69, 9.17) is 4.98 Å². The largest absolute Gasteiger partial charge is 0.416 e. The SMILES string of the molecule is Cc1cc(CN(Cc2cc3ccc(C)c(C)c3nc2N(CC2CC2)CC2CC2)c2nnn(C)n2)cc(C(F)(F)F)c1. The molecule has 0 radical (unpaired) electrons. The fraction of sp³-hybridized carbons (Fsp3) is 0.484. The molecular formula is C31H36F3N7. The third-order valence-corrected chi connectivity index (χ3v) is 8.20. The Bertz CT molecular complexity index is 1560. The normalized spacial score (nSPS) is 15.5. The van der Waals surface area contributed by atoms with Gasteiger partial charge in [0, 0.05) is 37.1 Å². The Kier molecular flexibility index (Phi) is 7.11. The highest BCUT2D eigenvalue weighted by Crippen LogP contribution is 2.38. The highest BCUT2D eigenvalue weighted by molar-refractivity contribution is 5.85. The van der Waals surface area contributed by atoms with Gasteiger partial charge in [-0.1, -0.05) is 28.9 Å². The Morgan fingerprint density at radius 1 is 0.902 bits per heavy atom. The number of fused-ring (bicyclic) bond motifs is 1. The molecule has 2 heterocycles. The Morgan fingerprint density at radius 3 is 2.22 bits per heavy atom. The van der Waals surface area contributed by atoms with E-state index >= 15 is 0 Å². The van der Waals surface area contributed by atoms with E-state index in [0.29, 0.717) is 35.5 Å². The first-order chi connectivity index (χ1) is 19.5. The molecule has 2 aromatic heterocycles. The van der Waals surface area contributed by atoms with E-state index in [0.717, 1.165) is 35.4 Å². The summed E-state index contributed by atoms with van der Waals surface area (Å²) in [6.07, 6.45) is 0.549. The molecule has 2 aliphatic rings. The molecule has 10 heteroatoms. The molecule has 0 N–H and O–H groups in total. The van der Waals surface area contributed by atoms with Crippen LogP contribution in [0.1, 0.15) is 59.1 Å². The summed E-state index contributed by atoms with van der Waals surface area (Å²) in [4.78, 5) is 11.0. The predicted octanol–water partition coefficient (Wildman–Crippen LogP) is 6.54. The molecule has 0 spiro atoms. The summed E-state index contributed by atoms with van der Waals surface area (Å²) >= 11 is 0. The molecule has 216 valence electrons. The fourth-order valence-corrected chi connectivity index (χ4v) is 5.52. The first kappa shape index (κ1) is 27.5. The maximum atomic E-state index is 13.7. The molecule has 6 rings (SSSR count). The van der Waals surface area contributed by atoms with Crippen LogP contribution in [0.15, 0.2) is 36.4 Å². The van der Waals surface area contributed by atoms with Gasteiger partial charge < -0.3 is 9.80 Å². The molecule has 2 saturated carbocycles. The maximum absolute atomic E-state index is 13.7. The molecule has 0 unspecified atom stereocenters. The minimum absolute atomic E-state index is 0.201. The second-order valence-electron chi connectivity index (χ2n) is 12.0. The molecule has 4 aromatic rings. The third-order valence-electron chi connectivity index (χ3n) is 8.20. The molecule has 2 aromatic carbocycles. The van der Waals surface area contributed by atoms with Gasteiger partial charge in [0.25, 0.3) is 5.95 Å². The van der Waals surface area contributed by atoms with Crippen LogP contribution >= 0.6 is 0 Å². The number of aromatic nitrogens is 5. The maximum Gasteiger partial charge on any atom is 0.416 e. The van der Waals surface area contributed by atoms with E-state index in [1.165, 1.54) is 53.7 Å². The zero-order valence-corrected chi connectivity index (χ0v) is 24.0. The number of hydrogen-bond donors (Lipinski definition) is 0. The summed E-state index contributed by atoms with van der Waals surface area (Å²) in [5.41, 5.74) is 4.82. The summed E-state index contributed by atoms with van der Waals surface area (Å²) < 4.78 is 41.0. The summed E-state index contributed by atoms with van der Waals surface area (Å²) in [5, 5.41) is 13.8. The van der Waals surface area contributed by atoms with E-state index in [1.807, 2.05) is 4.90 Å². The molecule has 7 nitrogen and oxygen atoms in total. The number of aryl methyl sites for hydroxylation is 4. The van der Waals surface area contributed by atoms with Gasteiger partial charge in [0.05, 0.1) is 18.1 Å². The minimum Gasteiger partial charge on any atom is -0.356 e. The average molecular weight is 564 g/mol. The summed E-state index contributed by atoms with van der Waals surface area (Å²) in [6.45, 7) is 8.45. The standard InChI is InChI=1S/C31H36F3N7/c1-19-11-24(13-27(12-19)31(32,33)34)17-41(30-36-38-39(4)37-30)18-26-14-25-10-5-20(2)21(3)28(25)35-29(26)40(15-22-6-7-22)16-23-8-9-23/h5,10-14,22-23H,6-9,15-18H2,1-4H3. The van der Waals surface area contributed by atoms with Gasteiger partial charge in [-0.2, -0.15) is 18.0 Å². The van der Waals surface area contributed by atoms with Crippen molar-refractivity contribution in [3.8, 4) is 0 Å². The van der Waals surface area contributed by atoms with Crippen molar-refractivity contribution in [1.82, 2.24) is 25.2 Å². The van der Waals surface area contributed by atoms with Crippen molar-refractivity contribution in [3.05, 3.63) is 69.8 Å². The van der Waals surface area contributed by atoms with Crippen molar-refractivity contribution >= 4 is 22.7 Å². The smallest absolute Gasteiger partial charge is 0.356 e. The number of halogens is 3. The molecule has 0 amide bonds. The van der Waals surface area contributed by atoms with Crippen molar-refractivity contribution in [2.75, 3.05) is 22.9 Å². The second kappa shape index (κ2) is 10.6. The number of benzene rings is 2. The number of anilines is 2. The lowest BCUT2D eigenvalue weighted by Crippen LogP contribution is -2.32. The topological polar surface area (TPSA) is 63.0 Å². The van der Waals surface area contributed by atoms with E-state index < -0.39 is 11.7 Å². The van der Waals surface area contributed by atoms with E-state index in [1.54, 1.807) is 20.0 Å². The van der Waals surface area contributed by atoms with E-state index in [-0.39, 0.29) is 6.54 Å². The van der Waals surface area contributed by atoms with E-state index in [9.17, 15) is 13.2 Å². The van der Waals surface area contributed by atoms with Crippen LogP contribution in [0.5, 0.6) is 0 Å². The number of tetrazole rings is 1. The van der Waals surface area contributed by atoms with Crippen molar-refractivity contribution in [3.63, 3.8) is 0 Å². The van der Waals surface area contributed by atoms with Crippen LogP contribution in [0.2, 0.25) is 0 Å². The van der Waals surface area contributed by atoms with Crippen LogP contribution in [0.4, 0.5) is 24.9 Å². The zero-order chi connectivity index (χ0) is 28.9. The molecule has 0 atom stereocenters. The lowest BCUT2D eigenvalue weighted by atomic mass is 10.0. The molecule has 0 aliphatic heterocycles. The van der Waals surface area contributed by atoms with Gasteiger partial charge in [-0.25, -0.2) is 4.98 Å². The average Bonchev–Trinajstić information content (AvgIpc) is 3.85. The Hall–Kier alpha value is -3.69. The highest BCUT2D eigenvalue weighted by atomic mass is 19.4. The number of alkyl halides is 3. The van der Waals surface area contributed by atoms with Crippen LogP contribution in [0, 0.1) is 32.6 Å². The van der Waals surface area contributed by atoms with Gasteiger partial charge in [0.15, 0.2) is 0 Å². The quantitative estimate of drug-likeness (QED) is 0.219. The van der Waals surface area contributed by atoms with Gasteiger partial charge in [0.1, 0.15) is 5.82 Å². The molecule has 2 aliphatic carbocycles. The van der Waals surface area contributed by atoms with Crippen LogP contribution in [-0.2, 0) is 26.3 Å². The lowest BCUT2D eigenvalue weighted by molar-refractivity contribution is -0.137. The van der Waals surface area contributed by atoms with Gasteiger partial charge in [-0.05, 0) is 98.4 Å². The van der Waals surface area contributed by atoms with Crippen molar-refractivity contribution < 1.29 is 13.2 Å². The Balaban J connectivity index is 1.43. The minimum atomic E-state index is -4.42. The molecule has 0 bridgehead atoms. The summed E-state index contributed by atoms with van der Waals surface area (Å²) in [5.74, 6) is 2.69. The summed E-state index contributed by atoms with van der Waals surface area (Å²) in [6, 6.07) is 10.6. The molecular weight excluding hydrogens is 527 g/mol. The van der Waals surface area contributed by atoms with Gasteiger partial charge >= 0.3 is 6.18 Å². The zero-order valence-electron chi connectivity index (χ0n) is 24.0. The molecule has 0 saturated heterocycles. The summed E-state index contributed by atoms with van der Waals surface area (Å²) in [7, 11) is 1.68. The molecule has 2 fully saturated rings. The Morgan fingerprint density at radius 2 is 1.61 bits per heavy atom. The van der Waals surface area contributed by atoms with Crippen molar-refractivity contribution in [2.45, 2.75) is 65.7 Å². The van der Waals surface area contributed by atoms with Crippen LogP contribution in [0.25, 0.3) is 10.9 Å². The highest BCUT2D eigenvalue weighted by Gasteiger charge is 2.33. The predicted molar refractivity (Wildman–Crippen MR) is 154 cm³/mol. The van der Waals surface area contributed by atoms with Crippen molar-refractivity contribution in [1.29, 1.82) is 0 Å².